The van der Waals surface area contributed by atoms with E-state index in [2.05, 4.69) is 15.0 Å². The molecule has 0 fully saturated rings. The van der Waals surface area contributed by atoms with Crippen molar-refractivity contribution in [3.8, 4) is 5.75 Å². The first kappa shape index (κ1) is 11.3. The van der Waals surface area contributed by atoms with E-state index in [0.29, 0.717) is 18.9 Å². The number of hydrogen-bond donors (Lipinski definition) is 1. The number of anilines is 1. The van der Waals surface area contributed by atoms with Gasteiger partial charge in [0.25, 0.3) is 0 Å². The van der Waals surface area contributed by atoms with Gasteiger partial charge >= 0.3 is 0 Å². The second kappa shape index (κ2) is 5.25. The summed E-state index contributed by atoms with van der Waals surface area (Å²) < 4.78 is 5.37. The van der Waals surface area contributed by atoms with Crippen LogP contribution in [0, 0.1) is 0 Å². The molecule has 5 nitrogen and oxygen atoms in total. The molecule has 1 aromatic carbocycles. The normalized spacial score (nSPS) is 10.2. The summed E-state index contributed by atoms with van der Waals surface area (Å²) in [6.45, 7) is 2.63. The van der Waals surface area contributed by atoms with Crippen LogP contribution in [0.25, 0.3) is 0 Å². The SMILES string of the molecule is CCOc1ccc(Cc2ncnc(N)n2)cc1. The molecule has 17 heavy (non-hydrogen) atoms. The minimum Gasteiger partial charge on any atom is -0.494 e. The fraction of sp³-hybridized carbons (Fsp3) is 0.250. The molecule has 0 aliphatic carbocycles. The molecular weight excluding hydrogens is 216 g/mol. The van der Waals surface area contributed by atoms with Crippen molar-refractivity contribution >= 4 is 5.95 Å². The number of hydrogen-bond acceptors (Lipinski definition) is 5. The molecule has 0 aliphatic heterocycles. The Bertz CT molecular complexity index is 484. The number of benzene rings is 1. The fourth-order valence-electron chi connectivity index (χ4n) is 1.48. The van der Waals surface area contributed by atoms with E-state index in [-0.39, 0.29) is 5.95 Å². The Morgan fingerprint density at radius 3 is 2.59 bits per heavy atom. The first-order valence-corrected chi connectivity index (χ1v) is 5.43. The summed E-state index contributed by atoms with van der Waals surface area (Å²) in [7, 11) is 0. The lowest BCUT2D eigenvalue weighted by Gasteiger charge is -2.04. The monoisotopic (exact) mass is 230 g/mol. The number of rotatable bonds is 4. The van der Waals surface area contributed by atoms with Crippen LogP contribution in [0.4, 0.5) is 5.95 Å². The molecule has 0 spiro atoms. The average molecular weight is 230 g/mol. The molecule has 1 aromatic heterocycles. The second-order valence-corrected chi connectivity index (χ2v) is 3.51. The van der Waals surface area contributed by atoms with Crippen molar-refractivity contribution in [1.82, 2.24) is 15.0 Å². The van der Waals surface area contributed by atoms with Gasteiger partial charge in [-0.25, -0.2) is 9.97 Å². The standard InChI is InChI=1S/C12H14N4O/c1-2-17-10-5-3-9(4-6-10)7-11-14-8-15-12(13)16-11/h3-6,8H,2,7H2,1H3,(H2,13,14,15,16). The molecule has 2 aromatic rings. The van der Waals surface area contributed by atoms with E-state index in [9.17, 15) is 0 Å². The number of aromatic nitrogens is 3. The minimum absolute atomic E-state index is 0.251. The van der Waals surface area contributed by atoms with Gasteiger partial charge in [0.2, 0.25) is 5.95 Å². The number of nitrogens with zero attached hydrogens (tertiary/aromatic N) is 3. The molecule has 0 amide bonds. The quantitative estimate of drug-likeness (QED) is 0.860. The predicted molar refractivity (Wildman–Crippen MR) is 64.7 cm³/mol. The van der Waals surface area contributed by atoms with Crippen LogP contribution < -0.4 is 10.5 Å². The molecule has 0 radical (unpaired) electrons. The molecule has 5 heteroatoms. The molecule has 88 valence electrons. The van der Waals surface area contributed by atoms with Crippen molar-refractivity contribution in [2.45, 2.75) is 13.3 Å². The maximum Gasteiger partial charge on any atom is 0.223 e. The van der Waals surface area contributed by atoms with Crippen LogP contribution in [0.15, 0.2) is 30.6 Å². The summed E-state index contributed by atoms with van der Waals surface area (Å²) >= 11 is 0. The van der Waals surface area contributed by atoms with Gasteiger partial charge in [0.1, 0.15) is 17.9 Å². The zero-order valence-electron chi connectivity index (χ0n) is 9.63. The van der Waals surface area contributed by atoms with Gasteiger partial charge in [-0.15, -0.1) is 0 Å². The molecule has 0 aliphatic rings. The Morgan fingerprint density at radius 2 is 1.94 bits per heavy atom. The zero-order chi connectivity index (χ0) is 12.1. The molecular formula is C12H14N4O. The zero-order valence-corrected chi connectivity index (χ0v) is 9.63. The lowest BCUT2D eigenvalue weighted by Crippen LogP contribution is -2.02. The summed E-state index contributed by atoms with van der Waals surface area (Å²) in [4.78, 5) is 11.9. The highest BCUT2D eigenvalue weighted by atomic mass is 16.5. The van der Waals surface area contributed by atoms with E-state index in [1.54, 1.807) is 0 Å². The molecule has 0 bridgehead atoms. The summed E-state index contributed by atoms with van der Waals surface area (Å²) in [5.74, 6) is 1.79. The van der Waals surface area contributed by atoms with Crippen molar-refractivity contribution in [3.05, 3.63) is 42.0 Å². The Morgan fingerprint density at radius 1 is 1.18 bits per heavy atom. The third-order valence-electron chi connectivity index (χ3n) is 2.24. The molecule has 0 saturated carbocycles. The maximum atomic E-state index is 5.49. The molecule has 1 heterocycles. The third-order valence-corrected chi connectivity index (χ3v) is 2.24. The van der Waals surface area contributed by atoms with Crippen LogP contribution in [0.3, 0.4) is 0 Å². The van der Waals surface area contributed by atoms with Gasteiger partial charge < -0.3 is 10.5 Å². The lowest BCUT2D eigenvalue weighted by molar-refractivity contribution is 0.340. The van der Waals surface area contributed by atoms with Gasteiger partial charge in [-0.05, 0) is 24.6 Å². The topological polar surface area (TPSA) is 73.9 Å². The molecule has 2 N–H and O–H groups in total. The van der Waals surface area contributed by atoms with E-state index in [4.69, 9.17) is 10.5 Å². The van der Waals surface area contributed by atoms with Gasteiger partial charge in [-0.3, -0.25) is 0 Å². The highest BCUT2D eigenvalue weighted by Crippen LogP contribution is 2.13. The van der Waals surface area contributed by atoms with Crippen molar-refractivity contribution in [3.63, 3.8) is 0 Å². The third kappa shape index (κ3) is 3.14. The van der Waals surface area contributed by atoms with E-state index in [1.165, 1.54) is 6.33 Å². The van der Waals surface area contributed by atoms with Crippen LogP contribution in [-0.2, 0) is 6.42 Å². The molecule has 0 unspecified atom stereocenters. The predicted octanol–water partition coefficient (Wildman–Crippen LogP) is 1.44. The van der Waals surface area contributed by atoms with Crippen LogP contribution in [0.1, 0.15) is 18.3 Å². The molecule has 0 saturated heterocycles. The van der Waals surface area contributed by atoms with E-state index in [1.807, 2.05) is 31.2 Å². The van der Waals surface area contributed by atoms with Gasteiger partial charge in [-0.1, -0.05) is 12.1 Å². The van der Waals surface area contributed by atoms with Crippen LogP contribution in [0.2, 0.25) is 0 Å². The Balaban J connectivity index is 2.08. The minimum atomic E-state index is 0.251. The van der Waals surface area contributed by atoms with E-state index >= 15 is 0 Å². The Hall–Kier alpha value is -2.17. The van der Waals surface area contributed by atoms with Gasteiger partial charge in [0.05, 0.1) is 6.61 Å². The maximum absolute atomic E-state index is 5.49. The van der Waals surface area contributed by atoms with Crippen molar-refractivity contribution in [2.24, 2.45) is 0 Å². The number of nitrogens with two attached hydrogens (primary N) is 1. The number of ether oxygens (including phenoxy) is 1. The smallest absolute Gasteiger partial charge is 0.223 e. The first-order valence-electron chi connectivity index (χ1n) is 5.43. The summed E-state index contributed by atoms with van der Waals surface area (Å²) in [5.41, 5.74) is 6.60. The highest BCUT2D eigenvalue weighted by Gasteiger charge is 2.01. The number of nitrogen functional groups attached to an aromatic ring is 1. The first-order chi connectivity index (χ1) is 8.28. The molecule has 2 rings (SSSR count). The van der Waals surface area contributed by atoms with E-state index < -0.39 is 0 Å². The van der Waals surface area contributed by atoms with Crippen LogP contribution in [0.5, 0.6) is 5.75 Å². The van der Waals surface area contributed by atoms with Crippen molar-refractivity contribution < 1.29 is 4.74 Å². The molecule has 0 atom stereocenters. The van der Waals surface area contributed by atoms with Crippen LogP contribution in [-0.4, -0.2) is 21.6 Å². The summed E-state index contributed by atoms with van der Waals surface area (Å²) in [6, 6.07) is 7.85. The highest BCUT2D eigenvalue weighted by molar-refractivity contribution is 5.29. The summed E-state index contributed by atoms with van der Waals surface area (Å²) in [5, 5.41) is 0. The van der Waals surface area contributed by atoms with Crippen molar-refractivity contribution in [2.75, 3.05) is 12.3 Å². The van der Waals surface area contributed by atoms with E-state index in [0.717, 1.165) is 11.3 Å². The second-order valence-electron chi connectivity index (χ2n) is 3.51. The lowest BCUT2D eigenvalue weighted by atomic mass is 10.1. The average Bonchev–Trinajstić information content (AvgIpc) is 2.32. The fourth-order valence-corrected chi connectivity index (χ4v) is 1.48. The summed E-state index contributed by atoms with van der Waals surface area (Å²) in [6.07, 6.45) is 2.06. The Kier molecular flexibility index (Phi) is 3.49. The van der Waals surface area contributed by atoms with Gasteiger partial charge in [0.15, 0.2) is 0 Å². The van der Waals surface area contributed by atoms with Crippen LogP contribution >= 0.6 is 0 Å². The van der Waals surface area contributed by atoms with Crippen molar-refractivity contribution in [1.29, 1.82) is 0 Å². The Labute approximate surface area is 99.7 Å². The largest absolute Gasteiger partial charge is 0.494 e. The van der Waals surface area contributed by atoms with Gasteiger partial charge in [-0.2, -0.15) is 4.98 Å². The van der Waals surface area contributed by atoms with Gasteiger partial charge in [0, 0.05) is 6.42 Å².